The van der Waals surface area contributed by atoms with Crippen LogP contribution in [0.25, 0.3) is 0 Å². The molecule has 2 aromatic rings. The van der Waals surface area contributed by atoms with E-state index in [2.05, 4.69) is 15.6 Å². The van der Waals surface area contributed by atoms with E-state index in [9.17, 15) is 4.79 Å². The maximum absolute atomic E-state index is 12.2. The van der Waals surface area contributed by atoms with Gasteiger partial charge in [-0.1, -0.05) is 43.4 Å². The first-order chi connectivity index (χ1) is 12.7. The molecule has 1 aromatic carbocycles. The van der Waals surface area contributed by atoms with Crippen molar-refractivity contribution in [3.05, 3.63) is 53.3 Å². The highest BCUT2D eigenvalue weighted by Crippen LogP contribution is 2.28. The van der Waals surface area contributed by atoms with E-state index in [0.717, 1.165) is 18.5 Å². The smallest absolute Gasteiger partial charge is 0.319 e. The number of nitrogens with zero attached hydrogens (tertiary/aromatic N) is 1. The van der Waals surface area contributed by atoms with Crippen molar-refractivity contribution in [1.82, 2.24) is 10.3 Å². The van der Waals surface area contributed by atoms with Crippen LogP contribution in [0.1, 0.15) is 44.2 Å². The molecule has 2 amide bonds. The molecule has 0 spiro atoms. The van der Waals surface area contributed by atoms with Crippen LogP contribution in [0.2, 0.25) is 5.02 Å². The second-order valence-electron chi connectivity index (χ2n) is 6.54. The molecule has 26 heavy (non-hydrogen) atoms. The highest BCUT2D eigenvalue weighted by Gasteiger charge is 2.15. The molecule has 0 aliphatic heterocycles. The van der Waals surface area contributed by atoms with E-state index in [1.807, 2.05) is 18.2 Å². The Hall–Kier alpha value is -2.27. The molecule has 0 unspecified atom stereocenters. The SMILES string of the molecule is O=C(Nc1ccc(OCc2ccccn2)c(Cl)c1)NC1CCCCCC1. The first-order valence-corrected chi connectivity index (χ1v) is 9.48. The Morgan fingerprint density at radius 3 is 2.65 bits per heavy atom. The molecule has 1 aliphatic carbocycles. The zero-order valence-electron chi connectivity index (χ0n) is 14.7. The average molecular weight is 374 g/mol. The van der Waals surface area contributed by atoms with Crippen LogP contribution >= 0.6 is 11.6 Å². The van der Waals surface area contributed by atoms with Crippen LogP contribution in [0, 0.1) is 0 Å². The number of amides is 2. The van der Waals surface area contributed by atoms with Crippen molar-refractivity contribution >= 4 is 23.3 Å². The molecule has 3 rings (SSSR count). The van der Waals surface area contributed by atoms with E-state index in [1.165, 1.54) is 25.7 Å². The summed E-state index contributed by atoms with van der Waals surface area (Å²) in [6.45, 7) is 0.343. The van der Waals surface area contributed by atoms with Crippen LogP contribution in [0.5, 0.6) is 5.75 Å². The Kier molecular flexibility index (Phi) is 6.72. The standard InChI is InChI=1S/C20H24ClN3O2/c21-18-13-16(24-20(25)23-15-7-3-1-2-4-8-15)10-11-19(18)26-14-17-9-5-6-12-22-17/h5-6,9-13,15H,1-4,7-8,14H2,(H2,23,24,25). The summed E-state index contributed by atoms with van der Waals surface area (Å²) in [5, 5.41) is 6.36. The molecule has 1 fully saturated rings. The van der Waals surface area contributed by atoms with Crippen molar-refractivity contribution < 1.29 is 9.53 Å². The van der Waals surface area contributed by atoms with Gasteiger partial charge >= 0.3 is 6.03 Å². The Balaban J connectivity index is 1.52. The monoisotopic (exact) mass is 373 g/mol. The molecule has 2 N–H and O–H groups in total. The van der Waals surface area contributed by atoms with Crippen LogP contribution in [0.3, 0.4) is 0 Å². The summed E-state index contributed by atoms with van der Waals surface area (Å²) in [5.74, 6) is 0.562. The van der Waals surface area contributed by atoms with Gasteiger partial charge in [0.2, 0.25) is 0 Å². The van der Waals surface area contributed by atoms with E-state index in [1.54, 1.807) is 24.4 Å². The van der Waals surface area contributed by atoms with Crippen molar-refractivity contribution in [1.29, 1.82) is 0 Å². The molecule has 138 valence electrons. The summed E-state index contributed by atoms with van der Waals surface area (Å²) in [5.41, 5.74) is 1.47. The number of urea groups is 1. The predicted octanol–water partition coefficient (Wildman–Crippen LogP) is 5.16. The third kappa shape index (κ3) is 5.63. The molecule has 0 saturated heterocycles. The molecule has 0 atom stereocenters. The first kappa shape index (κ1) is 18.5. The second kappa shape index (κ2) is 9.43. The van der Waals surface area contributed by atoms with Gasteiger partial charge in [-0.15, -0.1) is 0 Å². The largest absolute Gasteiger partial charge is 0.486 e. The van der Waals surface area contributed by atoms with Crippen molar-refractivity contribution in [2.75, 3.05) is 5.32 Å². The molecule has 1 heterocycles. The van der Waals surface area contributed by atoms with E-state index < -0.39 is 0 Å². The van der Waals surface area contributed by atoms with Gasteiger partial charge in [-0.05, 0) is 43.2 Å². The van der Waals surface area contributed by atoms with Gasteiger partial charge in [0.15, 0.2) is 0 Å². The fourth-order valence-electron chi connectivity index (χ4n) is 3.11. The Morgan fingerprint density at radius 2 is 1.96 bits per heavy atom. The highest BCUT2D eigenvalue weighted by molar-refractivity contribution is 6.32. The van der Waals surface area contributed by atoms with Gasteiger partial charge in [-0.2, -0.15) is 0 Å². The van der Waals surface area contributed by atoms with Gasteiger partial charge in [0.1, 0.15) is 12.4 Å². The van der Waals surface area contributed by atoms with Crippen LogP contribution < -0.4 is 15.4 Å². The van der Waals surface area contributed by atoms with Crippen LogP contribution in [0.4, 0.5) is 10.5 Å². The quantitative estimate of drug-likeness (QED) is 0.711. The number of ether oxygens (including phenoxy) is 1. The van der Waals surface area contributed by atoms with Gasteiger partial charge in [-0.25, -0.2) is 4.79 Å². The molecule has 6 heteroatoms. The summed E-state index contributed by atoms with van der Waals surface area (Å²) in [7, 11) is 0. The predicted molar refractivity (Wildman–Crippen MR) is 104 cm³/mol. The lowest BCUT2D eigenvalue weighted by Gasteiger charge is -2.17. The number of aromatic nitrogens is 1. The molecule has 0 bridgehead atoms. The first-order valence-electron chi connectivity index (χ1n) is 9.10. The Labute approximate surface area is 159 Å². The molecule has 1 aromatic heterocycles. The van der Waals surface area contributed by atoms with Crippen molar-refractivity contribution in [3.63, 3.8) is 0 Å². The molecule has 0 radical (unpaired) electrons. The average Bonchev–Trinajstić information content (AvgIpc) is 2.90. The van der Waals surface area contributed by atoms with Crippen LogP contribution in [-0.4, -0.2) is 17.1 Å². The minimum absolute atomic E-state index is 0.185. The number of carbonyl (C=O) groups is 1. The van der Waals surface area contributed by atoms with E-state index in [4.69, 9.17) is 16.3 Å². The minimum atomic E-state index is -0.185. The molecular formula is C20H24ClN3O2. The number of hydrogen-bond acceptors (Lipinski definition) is 3. The van der Waals surface area contributed by atoms with Crippen LogP contribution in [0.15, 0.2) is 42.6 Å². The normalized spacial score (nSPS) is 15.1. The van der Waals surface area contributed by atoms with E-state index in [-0.39, 0.29) is 12.1 Å². The number of carbonyl (C=O) groups excluding carboxylic acids is 1. The van der Waals surface area contributed by atoms with Gasteiger partial charge in [-0.3, -0.25) is 4.98 Å². The van der Waals surface area contributed by atoms with Gasteiger partial charge < -0.3 is 15.4 Å². The number of anilines is 1. The summed E-state index contributed by atoms with van der Waals surface area (Å²) in [6.07, 6.45) is 8.70. The highest BCUT2D eigenvalue weighted by atomic mass is 35.5. The zero-order chi connectivity index (χ0) is 18.2. The Bertz CT molecular complexity index is 716. The number of halogens is 1. The molecule has 1 saturated carbocycles. The topological polar surface area (TPSA) is 63.2 Å². The number of rotatable bonds is 5. The van der Waals surface area contributed by atoms with E-state index in [0.29, 0.717) is 23.1 Å². The van der Waals surface area contributed by atoms with Gasteiger partial charge in [0.25, 0.3) is 0 Å². The maximum Gasteiger partial charge on any atom is 0.319 e. The van der Waals surface area contributed by atoms with E-state index >= 15 is 0 Å². The summed E-state index contributed by atoms with van der Waals surface area (Å²) in [6, 6.07) is 11.0. The van der Waals surface area contributed by atoms with Crippen molar-refractivity contribution in [3.8, 4) is 5.75 Å². The minimum Gasteiger partial charge on any atom is -0.486 e. The zero-order valence-corrected chi connectivity index (χ0v) is 15.5. The van der Waals surface area contributed by atoms with Gasteiger partial charge in [0.05, 0.1) is 10.7 Å². The summed E-state index contributed by atoms with van der Waals surface area (Å²) in [4.78, 5) is 16.4. The fraction of sp³-hybridized carbons (Fsp3) is 0.400. The van der Waals surface area contributed by atoms with Crippen LogP contribution in [-0.2, 0) is 6.61 Å². The third-order valence-electron chi connectivity index (χ3n) is 4.48. The Morgan fingerprint density at radius 1 is 1.15 bits per heavy atom. The summed E-state index contributed by atoms with van der Waals surface area (Å²) < 4.78 is 5.70. The number of pyridine rings is 1. The number of nitrogens with one attached hydrogen (secondary N) is 2. The number of benzene rings is 1. The molecule has 1 aliphatic rings. The third-order valence-corrected chi connectivity index (χ3v) is 4.78. The maximum atomic E-state index is 12.2. The van der Waals surface area contributed by atoms with Gasteiger partial charge in [0, 0.05) is 17.9 Å². The van der Waals surface area contributed by atoms with Crippen molar-refractivity contribution in [2.24, 2.45) is 0 Å². The number of hydrogen-bond donors (Lipinski definition) is 2. The summed E-state index contributed by atoms with van der Waals surface area (Å²) >= 11 is 6.28. The molecular weight excluding hydrogens is 350 g/mol. The lowest BCUT2D eigenvalue weighted by Crippen LogP contribution is -2.37. The van der Waals surface area contributed by atoms with Crippen molar-refractivity contribution in [2.45, 2.75) is 51.2 Å². The molecule has 5 nitrogen and oxygen atoms in total. The lowest BCUT2D eigenvalue weighted by molar-refractivity contribution is 0.247. The lowest BCUT2D eigenvalue weighted by atomic mass is 10.1. The second-order valence-corrected chi connectivity index (χ2v) is 6.95. The fourth-order valence-corrected chi connectivity index (χ4v) is 3.34.